The van der Waals surface area contributed by atoms with Crippen molar-refractivity contribution in [1.29, 1.82) is 0 Å². The van der Waals surface area contributed by atoms with Crippen LogP contribution in [0.15, 0.2) is 35.2 Å². The van der Waals surface area contributed by atoms with Crippen molar-refractivity contribution in [2.24, 2.45) is 0 Å². The number of hydrogen-bond donors (Lipinski definition) is 1. The Labute approximate surface area is 145 Å². The number of hydrogen-bond acceptors (Lipinski definition) is 2. The molecule has 0 spiro atoms. The molecular weight excluding hydrogens is 300 g/mol. The Morgan fingerprint density at radius 3 is 2.22 bits per heavy atom. The van der Waals surface area contributed by atoms with E-state index in [1.165, 1.54) is 68.7 Å². The van der Waals surface area contributed by atoms with Crippen LogP contribution in [0.4, 0.5) is 0 Å². The third kappa shape index (κ3) is 5.76. The van der Waals surface area contributed by atoms with Crippen LogP contribution < -0.4 is 0 Å². The Hall–Kier alpha value is -1.15. The third-order valence-corrected chi connectivity index (χ3v) is 5.29. The molecule has 1 nitrogen and oxygen atoms in total. The minimum atomic E-state index is 0.390. The maximum Gasteiger partial charge on any atom is 0.129 e. The van der Waals surface area contributed by atoms with E-state index in [4.69, 9.17) is 0 Å². The van der Waals surface area contributed by atoms with E-state index in [9.17, 15) is 5.11 Å². The molecule has 0 unspecified atom stereocenters. The second-order valence-corrected chi connectivity index (χ2v) is 7.28. The molecule has 0 radical (unpaired) electrons. The van der Waals surface area contributed by atoms with Crippen molar-refractivity contribution in [2.75, 3.05) is 6.26 Å². The lowest BCUT2D eigenvalue weighted by atomic mass is 10.0. The first-order valence-electron chi connectivity index (χ1n) is 9.04. The number of thioether (sulfide) groups is 1. The Morgan fingerprint density at radius 1 is 0.826 bits per heavy atom. The van der Waals surface area contributed by atoms with E-state index >= 15 is 0 Å². The van der Waals surface area contributed by atoms with Crippen LogP contribution in [0.5, 0.6) is 5.75 Å². The lowest BCUT2D eigenvalue weighted by Gasteiger charge is -2.07. The van der Waals surface area contributed by atoms with Gasteiger partial charge in [-0.3, -0.25) is 0 Å². The van der Waals surface area contributed by atoms with Gasteiger partial charge >= 0.3 is 0 Å². The molecule has 0 aromatic heterocycles. The fourth-order valence-electron chi connectivity index (χ4n) is 3.10. The zero-order chi connectivity index (χ0) is 16.5. The predicted molar refractivity (Wildman–Crippen MR) is 104 cm³/mol. The summed E-state index contributed by atoms with van der Waals surface area (Å²) in [6.45, 7) is 2.27. The average molecular weight is 331 g/mol. The number of rotatable bonds is 10. The van der Waals surface area contributed by atoms with Crippen molar-refractivity contribution in [2.45, 2.75) is 69.6 Å². The van der Waals surface area contributed by atoms with Gasteiger partial charge in [0.2, 0.25) is 0 Å². The summed E-state index contributed by atoms with van der Waals surface area (Å²) in [6.07, 6.45) is 14.1. The average Bonchev–Trinajstić information content (AvgIpc) is 2.56. The summed E-state index contributed by atoms with van der Waals surface area (Å²) in [7, 11) is 0. The Balaban J connectivity index is 1.80. The highest BCUT2D eigenvalue weighted by molar-refractivity contribution is 7.98. The van der Waals surface area contributed by atoms with E-state index in [0.29, 0.717) is 5.75 Å². The summed E-state index contributed by atoms with van der Waals surface area (Å²) >= 11 is 1.60. The smallest absolute Gasteiger partial charge is 0.129 e. The van der Waals surface area contributed by atoms with E-state index in [-0.39, 0.29) is 0 Å². The normalized spacial score (nSPS) is 11.2. The molecule has 2 aromatic rings. The van der Waals surface area contributed by atoms with Gasteiger partial charge in [-0.2, -0.15) is 0 Å². The summed E-state index contributed by atoms with van der Waals surface area (Å²) < 4.78 is 0. The zero-order valence-electron chi connectivity index (χ0n) is 14.6. The highest BCUT2D eigenvalue weighted by Crippen LogP contribution is 2.32. The first-order valence-corrected chi connectivity index (χ1v) is 10.3. The molecule has 0 amide bonds. The van der Waals surface area contributed by atoms with Crippen molar-refractivity contribution in [3.8, 4) is 5.75 Å². The molecule has 0 heterocycles. The predicted octanol–water partition coefficient (Wildman–Crippen LogP) is 6.95. The van der Waals surface area contributed by atoms with E-state index < -0.39 is 0 Å². The van der Waals surface area contributed by atoms with Crippen molar-refractivity contribution in [3.63, 3.8) is 0 Å². The largest absolute Gasteiger partial charge is 0.507 e. The number of aryl methyl sites for hydroxylation is 1. The molecule has 23 heavy (non-hydrogen) atoms. The maximum absolute atomic E-state index is 9.93. The second-order valence-electron chi connectivity index (χ2n) is 6.43. The van der Waals surface area contributed by atoms with Gasteiger partial charge in [-0.1, -0.05) is 70.1 Å². The van der Waals surface area contributed by atoms with Crippen LogP contribution in [0.1, 0.15) is 63.9 Å². The molecule has 0 fully saturated rings. The molecule has 0 atom stereocenters. The van der Waals surface area contributed by atoms with Crippen molar-refractivity contribution < 1.29 is 5.11 Å². The monoisotopic (exact) mass is 330 g/mol. The minimum absolute atomic E-state index is 0.390. The SMILES string of the molecule is CCCCCCCCCCc1ccc2cc(O)c(SC)cc2c1. The summed E-state index contributed by atoms with van der Waals surface area (Å²) in [5.74, 6) is 0.390. The Bertz CT molecular complexity index is 606. The van der Waals surface area contributed by atoms with Crippen molar-refractivity contribution in [3.05, 3.63) is 35.9 Å². The summed E-state index contributed by atoms with van der Waals surface area (Å²) in [4.78, 5) is 0.960. The topological polar surface area (TPSA) is 20.2 Å². The number of phenolic OH excluding ortho intramolecular Hbond substituents is 1. The van der Waals surface area contributed by atoms with Gasteiger partial charge in [0.25, 0.3) is 0 Å². The number of fused-ring (bicyclic) bond motifs is 1. The van der Waals surface area contributed by atoms with Gasteiger partial charge in [-0.05, 0) is 47.6 Å². The van der Waals surface area contributed by atoms with Gasteiger partial charge in [-0.15, -0.1) is 11.8 Å². The highest BCUT2D eigenvalue weighted by atomic mass is 32.2. The number of aromatic hydroxyl groups is 1. The van der Waals surface area contributed by atoms with Crippen LogP contribution in [0.2, 0.25) is 0 Å². The molecule has 1 N–H and O–H groups in total. The fraction of sp³-hybridized carbons (Fsp3) is 0.524. The molecule has 2 rings (SSSR count). The molecule has 0 saturated heterocycles. The second kappa shape index (κ2) is 9.87. The van der Waals surface area contributed by atoms with Gasteiger partial charge in [0.15, 0.2) is 0 Å². The van der Waals surface area contributed by atoms with Crippen LogP contribution in [-0.2, 0) is 6.42 Å². The molecule has 126 valence electrons. The van der Waals surface area contributed by atoms with Gasteiger partial charge in [0, 0.05) is 4.90 Å². The van der Waals surface area contributed by atoms with Crippen LogP contribution in [0, 0.1) is 0 Å². The van der Waals surface area contributed by atoms with E-state index in [2.05, 4.69) is 31.2 Å². The van der Waals surface area contributed by atoms with Gasteiger partial charge < -0.3 is 5.11 Å². The molecule has 0 aliphatic rings. The fourth-order valence-corrected chi connectivity index (χ4v) is 3.61. The first kappa shape index (κ1) is 18.2. The molecule has 0 bridgehead atoms. The van der Waals surface area contributed by atoms with Gasteiger partial charge in [-0.25, -0.2) is 0 Å². The molecule has 2 aromatic carbocycles. The third-order valence-electron chi connectivity index (χ3n) is 4.52. The van der Waals surface area contributed by atoms with Gasteiger partial charge in [0.05, 0.1) is 0 Å². The van der Waals surface area contributed by atoms with E-state index in [1.54, 1.807) is 11.8 Å². The number of phenols is 1. The molecule has 2 heteroatoms. The van der Waals surface area contributed by atoms with Gasteiger partial charge in [0.1, 0.15) is 5.75 Å². The van der Waals surface area contributed by atoms with Crippen LogP contribution in [-0.4, -0.2) is 11.4 Å². The summed E-state index contributed by atoms with van der Waals surface area (Å²) in [5.41, 5.74) is 1.42. The summed E-state index contributed by atoms with van der Waals surface area (Å²) in [6, 6.07) is 10.6. The van der Waals surface area contributed by atoms with E-state index in [1.807, 2.05) is 12.3 Å². The molecule has 0 aliphatic carbocycles. The molecular formula is C21H30OS. The Kier molecular flexibility index (Phi) is 7.81. The number of benzene rings is 2. The minimum Gasteiger partial charge on any atom is -0.507 e. The lowest BCUT2D eigenvalue weighted by molar-refractivity contribution is 0.463. The standard InChI is InChI=1S/C21H30OS/c1-3-4-5-6-7-8-9-10-11-17-12-13-18-15-20(22)21(23-2)16-19(18)14-17/h12-16,22H,3-11H2,1-2H3. The van der Waals surface area contributed by atoms with E-state index in [0.717, 1.165) is 10.3 Å². The van der Waals surface area contributed by atoms with Crippen LogP contribution >= 0.6 is 11.8 Å². The van der Waals surface area contributed by atoms with Crippen molar-refractivity contribution in [1.82, 2.24) is 0 Å². The van der Waals surface area contributed by atoms with Crippen LogP contribution in [0.3, 0.4) is 0 Å². The maximum atomic E-state index is 9.93. The first-order chi connectivity index (χ1) is 11.2. The molecule has 0 aliphatic heterocycles. The molecule has 0 saturated carbocycles. The Morgan fingerprint density at radius 2 is 1.52 bits per heavy atom. The van der Waals surface area contributed by atoms with Crippen LogP contribution in [0.25, 0.3) is 10.8 Å². The number of unbranched alkanes of at least 4 members (excludes halogenated alkanes) is 7. The highest BCUT2D eigenvalue weighted by Gasteiger charge is 2.04. The lowest BCUT2D eigenvalue weighted by Crippen LogP contribution is -1.87. The zero-order valence-corrected chi connectivity index (χ0v) is 15.4. The summed E-state index contributed by atoms with van der Waals surface area (Å²) in [5, 5.41) is 12.3. The quantitative estimate of drug-likeness (QED) is 0.375. The van der Waals surface area contributed by atoms with Crippen molar-refractivity contribution >= 4 is 22.5 Å².